The summed E-state index contributed by atoms with van der Waals surface area (Å²) in [5, 5.41) is 0. The molecular formula is C19H27BO2. The molecule has 0 N–H and O–H groups in total. The first-order chi connectivity index (χ1) is 10.7. The molecule has 1 aromatic carbocycles. The Morgan fingerprint density at radius 1 is 1.14 bits per heavy atom. The molecule has 2 aliphatic rings. The normalized spacial score (nSPS) is 24.1. The second-order valence-electron chi connectivity index (χ2n) is 7.14. The zero-order chi connectivity index (χ0) is 15.4. The van der Waals surface area contributed by atoms with Gasteiger partial charge in [0.05, 0.1) is 0 Å². The van der Waals surface area contributed by atoms with Crippen molar-refractivity contribution in [1.29, 1.82) is 0 Å². The molecule has 2 saturated heterocycles. The predicted molar refractivity (Wildman–Crippen MR) is 91.8 cm³/mol. The maximum Gasteiger partial charge on any atom is 0.308 e. The van der Waals surface area contributed by atoms with Crippen LogP contribution in [0.15, 0.2) is 24.3 Å². The fourth-order valence-corrected chi connectivity index (χ4v) is 4.78. The summed E-state index contributed by atoms with van der Waals surface area (Å²) in [5.41, 5.74) is 1.18. The van der Waals surface area contributed by atoms with Crippen LogP contribution in [-0.2, 0) is 11.2 Å². The van der Waals surface area contributed by atoms with E-state index < -0.39 is 0 Å². The average Bonchev–Trinajstić information content (AvgIpc) is 2.48. The molecule has 0 aromatic heterocycles. The predicted octanol–water partition coefficient (Wildman–Crippen LogP) is 5.15. The van der Waals surface area contributed by atoms with Crippen LogP contribution in [0.1, 0.15) is 57.4 Å². The van der Waals surface area contributed by atoms with Crippen LogP contribution in [0.2, 0.25) is 18.0 Å². The summed E-state index contributed by atoms with van der Waals surface area (Å²) < 4.78 is 5.32. The van der Waals surface area contributed by atoms with Crippen molar-refractivity contribution in [2.24, 2.45) is 0 Å². The minimum Gasteiger partial charge on any atom is -0.426 e. The van der Waals surface area contributed by atoms with Crippen molar-refractivity contribution in [2.75, 3.05) is 0 Å². The maximum absolute atomic E-state index is 11.2. The average molecular weight is 298 g/mol. The second-order valence-corrected chi connectivity index (χ2v) is 7.14. The van der Waals surface area contributed by atoms with E-state index in [0.29, 0.717) is 0 Å². The molecule has 0 saturated carbocycles. The highest BCUT2D eigenvalue weighted by molar-refractivity contribution is 6.62. The number of carbonyl (C=O) groups is 1. The molecule has 0 atom stereocenters. The van der Waals surface area contributed by atoms with Crippen LogP contribution in [0.3, 0.4) is 0 Å². The first-order valence-electron chi connectivity index (χ1n) is 9.00. The standard InChI is InChI=1S/C19H27BO2/c1-15(21)22-19-13-3-2-7-16(19)8-6-14-20-17-9-4-10-18(20)12-5-11-17/h2-3,7,13,17-18H,4-6,8-12,14H2,1H3. The smallest absolute Gasteiger partial charge is 0.308 e. The van der Waals surface area contributed by atoms with Gasteiger partial charge in [-0.15, -0.1) is 0 Å². The lowest BCUT2D eigenvalue weighted by Crippen LogP contribution is -2.34. The summed E-state index contributed by atoms with van der Waals surface area (Å²) >= 11 is 0. The van der Waals surface area contributed by atoms with Crippen molar-refractivity contribution in [3.63, 3.8) is 0 Å². The molecule has 2 nitrogen and oxygen atoms in total. The van der Waals surface area contributed by atoms with Gasteiger partial charge in [0.25, 0.3) is 0 Å². The number of benzene rings is 1. The third kappa shape index (κ3) is 3.74. The van der Waals surface area contributed by atoms with Crippen molar-refractivity contribution in [3.05, 3.63) is 29.8 Å². The number of ether oxygens (including phenoxy) is 1. The highest BCUT2D eigenvalue weighted by atomic mass is 16.5. The van der Waals surface area contributed by atoms with E-state index in [1.54, 1.807) is 0 Å². The summed E-state index contributed by atoms with van der Waals surface area (Å²) in [5.74, 6) is 2.51. The minimum atomic E-state index is -0.228. The fourth-order valence-electron chi connectivity index (χ4n) is 4.78. The molecule has 2 fully saturated rings. The Bertz CT molecular complexity index is 492. The zero-order valence-corrected chi connectivity index (χ0v) is 13.7. The monoisotopic (exact) mass is 298 g/mol. The van der Waals surface area contributed by atoms with E-state index in [2.05, 4.69) is 6.07 Å². The molecule has 0 amide bonds. The highest BCUT2D eigenvalue weighted by Crippen LogP contribution is 2.48. The molecule has 0 spiro atoms. The van der Waals surface area contributed by atoms with E-state index in [1.165, 1.54) is 63.8 Å². The van der Waals surface area contributed by atoms with Gasteiger partial charge in [0, 0.05) is 6.92 Å². The molecule has 0 radical (unpaired) electrons. The Morgan fingerprint density at radius 2 is 1.77 bits per heavy atom. The number of hydrogen-bond acceptors (Lipinski definition) is 2. The number of carbonyl (C=O) groups excluding carboxylic acids is 1. The fraction of sp³-hybridized carbons (Fsp3) is 0.632. The van der Waals surface area contributed by atoms with Gasteiger partial charge in [-0.3, -0.25) is 4.79 Å². The van der Waals surface area contributed by atoms with Crippen LogP contribution in [-0.4, -0.2) is 12.7 Å². The largest absolute Gasteiger partial charge is 0.426 e. The molecular weight excluding hydrogens is 271 g/mol. The Morgan fingerprint density at radius 3 is 2.41 bits per heavy atom. The van der Waals surface area contributed by atoms with Crippen molar-refractivity contribution in [2.45, 2.75) is 76.2 Å². The highest BCUT2D eigenvalue weighted by Gasteiger charge is 2.38. The first-order valence-corrected chi connectivity index (χ1v) is 9.00. The van der Waals surface area contributed by atoms with Gasteiger partial charge in [0.1, 0.15) is 12.5 Å². The van der Waals surface area contributed by atoms with Gasteiger partial charge in [0.15, 0.2) is 0 Å². The lowest BCUT2D eigenvalue weighted by molar-refractivity contribution is -0.131. The van der Waals surface area contributed by atoms with Crippen LogP contribution in [0, 0.1) is 0 Å². The van der Waals surface area contributed by atoms with Crippen molar-refractivity contribution >= 4 is 12.7 Å². The topological polar surface area (TPSA) is 26.3 Å². The van der Waals surface area contributed by atoms with Gasteiger partial charge in [-0.05, 0) is 18.1 Å². The van der Waals surface area contributed by atoms with Gasteiger partial charge in [-0.1, -0.05) is 81.1 Å². The minimum absolute atomic E-state index is 0.228. The first kappa shape index (κ1) is 15.6. The number of esters is 1. The van der Waals surface area contributed by atoms with E-state index in [4.69, 9.17) is 4.74 Å². The summed E-state index contributed by atoms with van der Waals surface area (Å²) in [4.78, 5) is 11.2. The Kier molecular flexibility index (Phi) is 5.22. The van der Waals surface area contributed by atoms with Crippen molar-refractivity contribution < 1.29 is 9.53 Å². The van der Waals surface area contributed by atoms with Crippen LogP contribution in [0.25, 0.3) is 0 Å². The Balaban J connectivity index is 1.56. The van der Waals surface area contributed by atoms with Crippen LogP contribution in [0.5, 0.6) is 5.75 Å². The van der Waals surface area contributed by atoms with Crippen molar-refractivity contribution in [1.82, 2.24) is 0 Å². The van der Waals surface area contributed by atoms with E-state index in [-0.39, 0.29) is 5.97 Å². The Labute approximate surface area is 134 Å². The van der Waals surface area contributed by atoms with E-state index >= 15 is 0 Å². The summed E-state index contributed by atoms with van der Waals surface area (Å²) in [6, 6.07) is 7.98. The third-order valence-corrected chi connectivity index (χ3v) is 5.72. The van der Waals surface area contributed by atoms with Crippen LogP contribution in [0.4, 0.5) is 0 Å². The maximum atomic E-state index is 11.2. The van der Waals surface area contributed by atoms with Crippen LogP contribution >= 0.6 is 0 Å². The summed E-state index contributed by atoms with van der Waals surface area (Å²) in [6.45, 7) is 2.43. The van der Waals surface area contributed by atoms with Crippen LogP contribution < -0.4 is 4.74 Å². The number of hydrogen-bond donors (Lipinski definition) is 0. The molecule has 0 unspecified atom stereocenters. The van der Waals surface area contributed by atoms with Gasteiger partial charge in [-0.25, -0.2) is 0 Å². The van der Waals surface area contributed by atoms with Gasteiger partial charge in [-0.2, -0.15) is 0 Å². The lowest BCUT2D eigenvalue weighted by atomic mass is 9.26. The Hall–Kier alpha value is -1.25. The molecule has 3 heteroatoms. The number of rotatable bonds is 5. The number of fused-ring (bicyclic) bond motifs is 2. The molecule has 2 heterocycles. The van der Waals surface area contributed by atoms with Gasteiger partial charge < -0.3 is 4.74 Å². The molecule has 2 aliphatic heterocycles. The number of aryl methyl sites for hydroxylation is 1. The number of para-hydroxylation sites is 1. The molecule has 22 heavy (non-hydrogen) atoms. The second kappa shape index (κ2) is 7.35. The zero-order valence-electron chi connectivity index (χ0n) is 13.7. The van der Waals surface area contributed by atoms with E-state index in [0.717, 1.165) is 30.5 Å². The summed E-state index contributed by atoms with van der Waals surface area (Å²) in [7, 11) is 0. The van der Waals surface area contributed by atoms with E-state index in [1.807, 2.05) is 18.2 Å². The van der Waals surface area contributed by atoms with Crippen molar-refractivity contribution in [3.8, 4) is 5.75 Å². The molecule has 3 rings (SSSR count). The molecule has 118 valence electrons. The summed E-state index contributed by atoms with van der Waals surface area (Å²) in [6.07, 6.45) is 12.4. The SMILES string of the molecule is CC(=O)Oc1ccccc1CCCB1C2CCCC1CCC2. The van der Waals surface area contributed by atoms with E-state index in [9.17, 15) is 4.79 Å². The van der Waals surface area contributed by atoms with Gasteiger partial charge in [0.2, 0.25) is 0 Å². The quantitative estimate of drug-likeness (QED) is 0.427. The van der Waals surface area contributed by atoms with Gasteiger partial charge >= 0.3 is 5.97 Å². The molecule has 1 aromatic rings. The molecule has 2 bridgehead atoms. The lowest BCUT2D eigenvalue weighted by Gasteiger charge is -2.40. The third-order valence-electron chi connectivity index (χ3n) is 5.72. The molecule has 0 aliphatic carbocycles.